The summed E-state index contributed by atoms with van der Waals surface area (Å²) in [5, 5.41) is 14.3. The maximum Gasteiger partial charge on any atom is 0.207 e. The molecule has 2 aromatic carbocycles. The van der Waals surface area contributed by atoms with Crippen molar-refractivity contribution in [3.63, 3.8) is 0 Å². The zero-order chi connectivity index (χ0) is 18.6. The maximum absolute atomic E-state index is 13.9. The number of nitrogens with one attached hydrogen (secondary N) is 1. The SMILES string of the molecule is COCCn1nnc(-c2ccccc2Nc2ccc(C(F)(P)P)cc2)n1. The van der Waals surface area contributed by atoms with Crippen LogP contribution in [0.2, 0.25) is 0 Å². The summed E-state index contributed by atoms with van der Waals surface area (Å²) in [6, 6.07) is 14.8. The third-order valence-electron chi connectivity index (χ3n) is 3.72. The van der Waals surface area contributed by atoms with E-state index in [1.807, 2.05) is 36.4 Å². The van der Waals surface area contributed by atoms with E-state index in [0.29, 0.717) is 24.5 Å². The van der Waals surface area contributed by atoms with E-state index < -0.39 is 5.15 Å². The fourth-order valence-corrected chi connectivity index (χ4v) is 2.76. The van der Waals surface area contributed by atoms with Crippen LogP contribution in [0.1, 0.15) is 5.56 Å². The highest BCUT2D eigenvalue weighted by Gasteiger charge is 2.18. The van der Waals surface area contributed by atoms with Crippen LogP contribution < -0.4 is 5.32 Å². The first-order chi connectivity index (χ1) is 12.5. The second-order valence-corrected chi connectivity index (χ2v) is 8.06. The fraction of sp³-hybridized carbons (Fsp3) is 0.235. The molecule has 0 fully saturated rings. The van der Waals surface area contributed by atoms with Crippen LogP contribution in [0.3, 0.4) is 0 Å². The van der Waals surface area contributed by atoms with Gasteiger partial charge in [-0.15, -0.1) is 10.2 Å². The minimum absolute atomic E-state index is 0.517. The Kier molecular flexibility index (Phi) is 5.92. The molecule has 3 aromatic rings. The van der Waals surface area contributed by atoms with Crippen molar-refractivity contribution in [3.8, 4) is 11.4 Å². The summed E-state index contributed by atoms with van der Waals surface area (Å²) in [7, 11) is 5.95. The molecule has 0 amide bonds. The van der Waals surface area contributed by atoms with Crippen LogP contribution in [0.5, 0.6) is 0 Å². The number of para-hydroxylation sites is 1. The van der Waals surface area contributed by atoms with Gasteiger partial charge in [0.15, 0.2) is 5.15 Å². The van der Waals surface area contributed by atoms with Crippen LogP contribution in [0, 0.1) is 0 Å². The first kappa shape index (κ1) is 18.8. The standard InChI is InChI=1S/C17H20FN5OP2/c1-24-11-10-23-21-16(20-22-23)14-4-2-3-5-15(14)19-13-8-6-12(7-9-13)17(18,25)26/h2-9,19H,10-11,25-26H2,1H3. The van der Waals surface area contributed by atoms with Gasteiger partial charge < -0.3 is 10.1 Å². The zero-order valence-electron chi connectivity index (χ0n) is 14.3. The third kappa shape index (κ3) is 4.61. The van der Waals surface area contributed by atoms with Gasteiger partial charge in [-0.2, -0.15) is 4.80 Å². The van der Waals surface area contributed by atoms with Gasteiger partial charge >= 0.3 is 0 Å². The summed E-state index contributed by atoms with van der Waals surface area (Å²) in [5.41, 5.74) is 3.08. The first-order valence-corrected chi connectivity index (χ1v) is 9.13. The fourth-order valence-electron chi connectivity index (χ4n) is 2.37. The molecule has 0 aliphatic carbocycles. The largest absolute Gasteiger partial charge is 0.383 e. The van der Waals surface area contributed by atoms with Gasteiger partial charge in [-0.1, -0.05) is 42.7 Å². The van der Waals surface area contributed by atoms with Crippen molar-refractivity contribution in [2.45, 2.75) is 11.7 Å². The Morgan fingerprint density at radius 2 is 1.88 bits per heavy atom. The molecule has 3 rings (SSSR count). The summed E-state index contributed by atoms with van der Waals surface area (Å²) in [5.74, 6) is 0.526. The Morgan fingerprint density at radius 1 is 1.15 bits per heavy atom. The van der Waals surface area contributed by atoms with E-state index in [0.717, 1.165) is 16.9 Å². The van der Waals surface area contributed by atoms with Crippen LogP contribution in [0.25, 0.3) is 11.4 Å². The lowest BCUT2D eigenvalue weighted by molar-refractivity contribution is 0.178. The van der Waals surface area contributed by atoms with Crippen LogP contribution >= 0.6 is 18.5 Å². The van der Waals surface area contributed by atoms with Crippen LogP contribution in [-0.4, -0.2) is 33.9 Å². The molecule has 1 aromatic heterocycles. The molecule has 136 valence electrons. The van der Waals surface area contributed by atoms with Gasteiger partial charge in [-0.05, 0) is 35.0 Å². The number of benzene rings is 2. The lowest BCUT2D eigenvalue weighted by atomic mass is 10.1. The molecule has 1 heterocycles. The van der Waals surface area contributed by atoms with E-state index in [2.05, 4.69) is 39.2 Å². The van der Waals surface area contributed by atoms with Crippen molar-refractivity contribution in [1.82, 2.24) is 20.2 Å². The topological polar surface area (TPSA) is 64.9 Å². The molecule has 0 radical (unpaired) electrons. The molecule has 0 aliphatic heterocycles. The van der Waals surface area contributed by atoms with Crippen molar-refractivity contribution in [1.29, 1.82) is 0 Å². The Bertz CT molecular complexity index is 864. The number of nitrogens with zero attached hydrogens (tertiary/aromatic N) is 4. The van der Waals surface area contributed by atoms with Crippen LogP contribution in [0.4, 0.5) is 15.8 Å². The number of tetrazole rings is 1. The normalized spacial score (nSPS) is 11.5. The van der Waals surface area contributed by atoms with Crippen molar-refractivity contribution < 1.29 is 9.13 Å². The quantitative estimate of drug-likeness (QED) is 0.624. The molecular weight excluding hydrogens is 371 g/mol. The molecule has 0 bridgehead atoms. The highest BCUT2D eigenvalue weighted by Crippen LogP contribution is 2.40. The van der Waals surface area contributed by atoms with Crippen LogP contribution in [-0.2, 0) is 16.4 Å². The summed E-state index contributed by atoms with van der Waals surface area (Å²) >= 11 is 0. The molecule has 0 saturated carbocycles. The Morgan fingerprint density at radius 3 is 2.58 bits per heavy atom. The molecule has 0 spiro atoms. The summed E-state index contributed by atoms with van der Waals surface area (Å²) in [4.78, 5) is 1.50. The second kappa shape index (κ2) is 8.17. The van der Waals surface area contributed by atoms with Crippen molar-refractivity contribution >= 4 is 29.9 Å². The summed E-state index contributed by atoms with van der Waals surface area (Å²) < 4.78 is 19.0. The predicted molar refractivity (Wildman–Crippen MR) is 107 cm³/mol. The molecule has 26 heavy (non-hydrogen) atoms. The van der Waals surface area contributed by atoms with Gasteiger partial charge in [-0.25, -0.2) is 4.39 Å². The highest BCUT2D eigenvalue weighted by atomic mass is 31.1. The lowest BCUT2D eigenvalue weighted by Crippen LogP contribution is -2.07. The molecule has 0 aliphatic rings. The Hall–Kier alpha value is -1.94. The van der Waals surface area contributed by atoms with Gasteiger partial charge in [0, 0.05) is 24.0 Å². The predicted octanol–water partition coefficient (Wildman–Crippen LogP) is 3.56. The molecular formula is C17H20FN5OP2. The Labute approximate surface area is 155 Å². The van der Waals surface area contributed by atoms with Gasteiger partial charge in [0.05, 0.1) is 13.2 Å². The van der Waals surface area contributed by atoms with E-state index in [-0.39, 0.29) is 0 Å². The summed E-state index contributed by atoms with van der Waals surface area (Å²) in [6.07, 6.45) is 0. The van der Waals surface area contributed by atoms with Gasteiger partial charge in [0.25, 0.3) is 0 Å². The van der Waals surface area contributed by atoms with Crippen molar-refractivity contribution in [2.75, 3.05) is 19.0 Å². The summed E-state index contributed by atoms with van der Waals surface area (Å²) in [6.45, 7) is 1.05. The van der Waals surface area contributed by atoms with E-state index in [9.17, 15) is 4.39 Å². The van der Waals surface area contributed by atoms with Crippen LogP contribution in [0.15, 0.2) is 48.5 Å². The second-order valence-electron chi connectivity index (χ2n) is 5.72. The highest BCUT2D eigenvalue weighted by molar-refractivity contribution is 7.38. The zero-order valence-corrected chi connectivity index (χ0v) is 16.6. The molecule has 2 unspecified atom stereocenters. The molecule has 9 heteroatoms. The number of methoxy groups -OCH3 is 1. The number of anilines is 2. The van der Waals surface area contributed by atoms with E-state index in [4.69, 9.17) is 4.74 Å². The van der Waals surface area contributed by atoms with Gasteiger partial charge in [0.2, 0.25) is 5.82 Å². The third-order valence-corrected chi connectivity index (χ3v) is 4.39. The van der Waals surface area contributed by atoms with E-state index in [1.165, 1.54) is 4.80 Å². The molecule has 0 saturated heterocycles. The van der Waals surface area contributed by atoms with Crippen molar-refractivity contribution in [3.05, 3.63) is 54.1 Å². The van der Waals surface area contributed by atoms with Gasteiger partial charge in [0.1, 0.15) is 0 Å². The number of ether oxygens (including phenoxy) is 1. The number of halogens is 1. The minimum atomic E-state index is -1.53. The number of rotatable bonds is 7. The maximum atomic E-state index is 13.9. The smallest absolute Gasteiger partial charge is 0.207 e. The molecule has 2 atom stereocenters. The average molecular weight is 391 g/mol. The monoisotopic (exact) mass is 391 g/mol. The number of hydrogen-bond acceptors (Lipinski definition) is 5. The minimum Gasteiger partial charge on any atom is -0.383 e. The number of aromatic nitrogens is 4. The van der Waals surface area contributed by atoms with E-state index >= 15 is 0 Å². The van der Waals surface area contributed by atoms with Gasteiger partial charge in [-0.3, -0.25) is 0 Å². The molecule has 6 nitrogen and oxygen atoms in total. The molecule has 1 N–H and O–H groups in total. The lowest BCUT2D eigenvalue weighted by Gasteiger charge is -2.15. The van der Waals surface area contributed by atoms with Crippen molar-refractivity contribution in [2.24, 2.45) is 0 Å². The Balaban J connectivity index is 1.82. The average Bonchev–Trinajstić information content (AvgIpc) is 3.09. The van der Waals surface area contributed by atoms with E-state index in [1.54, 1.807) is 19.2 Å². The first-order valence-electron chi connectivity index (χ1n) is 7.98. The number of hydrogen-bond donors (Lipinski definition) is 1. The number of alkyl halides is 1.